The van der Waals surface area contributed by atoms with E-state index in [1.807, 2.05) is 12.2 Å². The highest BCUT2D eigenvalue weighted by molar-refractivity contribution is 9.10. The molecule has 1 heterocycles. The Labute approximate surface area is 261 Å². The van der Waals surface area contributed by atoms with E-state index in [2.05, 4.69) is 157 Å². The Balaban J connectivity index is 1.38. The molecule has 0 unspecified atom stereocenters. The Morgan fingerprint density at radius 2 is 1.40 bits per heavy atom. The summed E-state index contributed by atoms with van der Waals surface area (Å²) in [5.74, 6) is 0.863. The zero-order valence-electron chi connectivity index (χ0n) is 24.6. The Kier molecular flexibility index (Phi) is 6.71. The fourth-order valence-electron chi connectivity index (χ4n) is 6.53. The summed E-state index contributed by atoms with van der Waals surface area (Å²) in [4.78, 5) is 2.38. The van der Waals surface area contributed by atoms with Crippen LogP contribution >= 0.6 is 15.9 Å². The predicted molar refractivity (Wildman–Crippen MR) is 186 cm³/mol. The first-order valence-electron chi connectivity index (χ1n) is 14.6. The number of anilines is 3. The molecule has 1 aliphatic rings. The van der Waals surface area contributed by atoms with Crippen molar-refractivity contribution in [2.24, 2.45) is 0 Å². The molecule has 0 saturated carbocycles. The third-order valence-corrected chi connectivity index (χ3v) is 9.26. The van der Waals surface area contributed by atoms with E-state index in [1.54, 1.807) is 6.08 Å². The van der Waals surface area contributed by atoms with Crippen LogP contribution in [0.5, 0.6) is 0 Å². The summed E-state index contributed by atoms with van der Waals surface area (Å²) in [5, 5.41) is 1.13. The maximum Gasteiger partial charge on any atom is 0.142 e. The average Bonchev–Trinajstić information content (AvgIpc) is 3.48. The molecule has 0 fully saturated rings. The number of halogens is 1. The molecule has 0 N–H and O–H groups in total. The molecule has 1 aliphatic carbocycles. The van der Waals surface area contributed by atoms with Gasteiger partial charge in [-0.15, -0.1) is 0 Å². The zero-order valence-corrected chi connectivity index (χ0v) is 26.2. The van der Waals surface area contributed by atoms with Crippen molar-refractivity contribution >= 4 is 50.0 Å². The number of benzene rings is 5. The maximum atomic E-state index is 6.37. The van der Waals surface area contributed by atoms with E-state index in [0.717, 1.165) is 49.3 Å². The molecular weight excluding hydrogens is 590 g/mol. The lowest BCUT2D eigenvalue weighted by Crippen LogP contribution is -2.16. The second-order valence-corrected chi connectivity index (χ2v) is 12.5. The summed E-state index contributed by atoms with van der Waals surface area (Å²) in [6, 6.07) is 39.3. The summed E-state index contributed by atoms with van der Waals surface area (Å²) in [5.41, 5.74) is 12.9. The molecule has 0 saturated heterocycles. The molecule has 5 aromatic carbocycles. The van der Waals surface area contributed by atoms with Gasteiger partial charge >= 0.3 is 0 Å². The second-order valence-electron chi connectivity index (χ2n) is 11.6. The standard InChI is InChI=1S/C40H32BrNO/c1-5-6-17-37-26(2)31-12-9-13-32(39(31)43-37)27-18-22-29(23-19-27)42(30-24-20-28(41)21-25-30)36-16-10-15-35-38(36)33-11-7-8-14-34(33)40(35,3)4/h5-25H,1H2,2-4H3/b17-6-. The van der Waals surface area contributed by atoms with Crippen molar-refractivity contribution < 1.29 is 4.42 Å². The van der Waals surface area contributed by atoms with Gasteiger partial charge in [0.05, 0.1) is 5.69 Å². The molecule has 3 heteroatoms. The molecule has 210 valence electrons. The van der Waals surface area contributed by atoms with Gasteiger partial charge in [-0.05, 0) is 77.7 Å². The fraction of sp³-hybridized carbons (Fsp3) is 0.100. The van der Waals surface area contributed by atoms with Crippen LogP contribution in [-0.4, -0.2) is 0 Å². The van der Waals surface area contributed by atoms with Crippen LogP contribution in [0, 0.1) is 6.92 Å². The van der Waals surface area contributed by atoms with Crippen molar-refractivity contribution in [3.63, 3.8) is 0 Å². The summed E-state index contributed by atoms with van der Waals surface area (Å²) in [7, 11) is 0. The molecule has 7 rings (SSSR count). The van der Waals surface area contributed by atoms with Gasteiger partial charge in [0.15, 0.2) is 0 Å². The largest absolute Gasteiger partial charge is 0.456 e. The number of allylic oxidation sites excluding steroid dienone is 2. The van der Waals surface area contributed by atoms with E-state index in [1.165, 1.54) is 27.9 Å². The highest BCUT2D eigenvalue weighted by Gasteiger charge is 2.37. The van der Waals surface area contributed by atoms with Crippen molar-refractivity contribution in [3.8, 4) is 22.3 Å². The predicted octanol–water partition coefficient (Wildman–Crippen LogP) is 12.1. The highest BCUT2D eigenvalue weighted by atomic mass is 79.9. The third-order valence-electron chi connectivity index (χ3n) is 8.73. The molecule has 0 spiro atoms. The SMILES string of the molecule is C=C/C=C\c1oc2c(-c3ccc(N(c4ccc(Br)cc4)c4cccc5c4-c4ccccc4C5(C)C)cc3)cccc2c1C. The summed E-state index contributed by atoms with van der Waals surface area (Å²) in [6.07, 6.45) is 5.66. The Morgan fingerprint density at radius 1 is 0.744 bits per heavy atom. The van der Waals surface area contributed by atoms with Gasteiger partial charge in [0.1, 0.15) is 11.3 Å². The first-order valence-corrected chi connectivity index (χ1v) is 15.4. The molecule has 0 aliphatic heterocycles. The van der Waals surface area contributed by atoms with Crippen LogP contribution in [0.4, 0.5) is 17.1 Å². The maximum absolute atomic E-state index is 6.37. The Morgan fingerprint density at radius 3 is 2.14 bits per heavy atom. The van der Waals surface area contributed by atoms with Gasteiger partial charge in [-0.25, -0.2) is 0 Å². The number of rotatable bonds is 6. The number of para-hydroxylation sites is 1. The van der Waals surface area contributed by atoms with Gasteiger partial charge in [-0.3, -0.25) is 0 Å². The fourth-order valence-corrected chi connectivity index (χ4v) is 6.80. The van der Waals surface area contributed by atoms with Crippen LogP contribution in [0.3, 0.4) is 0 Å². The number of hydrogen-bond acceptors (Lipinski definition) is 2. The second kappa shape index (κ2) is 10.6. The van der Waals surface area contributed by atoms with Crippen LogP contribution in [-0.2, 0) is 5.41 Å². The number of fused-ring (bicyclic) bond motifs is 4. The lowest BCUT2D eigenvalue weighted by Gasteiger charge is -2.29. The molecule has 43 heavy (non-hydrogen) atoms. The minimum Gasteiger partial charge on any atom is -0.456 e. The van der Waals surface area contributed by atoms with Crippen molar-refractivity contribution in [2.75, 3.05) is 4.90 Å². The van der Waals surface area contributed by atoms with E-state index in [0.29, 0.717) is 0 Å². The Bertz CT molecular complexity index is 2030. The quantitative estimate of drug-likeness (QED) is 0.172. The van der Waals surface area contributed by atoms with Gasteiger partial charge in [0.2, 0.25) is 0 Å². The highest BCUT2D eigenvalue weighted by Crippen LogP contribution is 2.54. The van der Waals surface area contributed by atoms with Gasteiger partial charge in [-0.1, -0.05) is 115 Å². The van der Waals surface area contributed by atoms with Crippen LogP contribution in [0.1, 0.15) is 36.3 Å². The van der Waals surface area contributed by atoms with Gasteiger partial charge in [-0.2, -0.15) is 0 Å². The van der Waals surface area contributed by atoms with Gasteiger partial charge in [0.25, 0.3) is 0 Å². The van der Waals surface area contributed by atoms with Crippen molar-refractivity contribution in [2.45, 2.75) is 26.2 Å². The summed E-state index contributed by atoms with van der Waals surface area (Å²) in [6.45, 7) is 10.6. The zero-order chi connectivity index (χ0) is 29.7. The van der Waals surface area contributed by atoms with Crippen LogP contribution < -0.4 is 4.90 Å². The summed E-state index contributed by atoms with van der Waals surface area (Å²) < 4.78 is 7.42. The molecule has 0 amide bonds. The first-order chi connectivity index (χ1) is 20.9. The molecule has 6 aromatic rings. The van der Waals surface area contributed by atoms with Crippen LogP contribution in [0.25, 0.3) is 39.3 Å². The molecule has 0 bridgehead atoms. The lowest BCUT2D eigenvalue weighted by molar-refractivity contribution is 0.602. The number of furan rings is 1. The van der Waals surface area contributed by atoms with Crippen LogP contribution in [0.15, 0.2) is 137 Å². The smallest absolute Gasteiger partial charge is 0.142 e. The monoisotopic (exact) mass is 621 g/mol. The number of nitrogens with zero attached hydrogens (tertiary/aromatic N) is 1. The Hall–Kier alpha value is -4.60. The van der Waals surface area contributed by atoms with E-state index >= 15 is 0 Å². The topological polar surface area (TPSA) is 16.4 Å². The molecular formula is C40H32BrNO. The number of aryl methyl sites for hydroxylation is 1. The van der Waals surface area contributed by atoms with Crippen LogP contribution in [0.2, 0.25) is 0 Å². The van der Waals surface area contributed by atoms with Crippen molar-refractivity contribution in [1.29, 1.82) is 0 Å². The first kappa shape index (κ1) is 27.2. The minimum atomic E-state index is -0.0727. The van der Waals surface area contributed by atoms with Gasteiger partial charge < -0.3 is 9.32 Å². The van der Waals surface area contributed by atoms with E-state index in [-0.39, 0.29) is 5.41 Å². The van der Waals surface area contributed by atoms with E-state index < -0.39 is 0 Å². The van der Waals surface area contributed by atoms with Crippen molar-refractivity contribution in [3.05, 3.63) is 155 Å². The normalized spacial score (nSPS) is 13.3. The van der Waals surface area contributed by atoms with Crippen molar-refractivity contribution in [1.82, 2.24) is 0 Å². The lowest BCUT2D eigenvalue weighted by atomic mass is 9.82. The summed E-state index contributed by atoms with van der Waals surface area (Å²) >= 11 is 3.63. The molecule has 0 radical (unpaired) electrons. The van der Waals surface area contributed by atoms with Gasteiger partial charge in [0, 0.05) is 43.3 Å². The molecule has 0 atom stereocenters. The van der Waals surface area contributed by atoms with E-state index in [4.69, 9.17) is 4.42 Å². The average molecular weight is 623 g/mol. The minimum absolute atomic E-state index is 0.0727. The number of hydrogen-bond donors (Lipinski definition) is 0. The molecule has 2 nitrogen and oxygen atoms in total. The van der Waals surface area contributed by atoms with E-state index in [9.17, 15) is 0 Å². The molecule has 1 aromatic heterocycles. The third kappa shape index (κ3) is 4.47.